The zero-order chi connectivity index (χ0) is 52.7. The smallest absolute Gasteiger partial charge is 0.247 e. The molecule has 18 heteroatoms. The molecule has 3 aromatic rings. The van der Waals surface area contributed by atoms with E-state index in [0.717, 1.165) is 17.5 Å². The van der Waals surface area contributed by atoms with Crippen LogP contribution in [0.3, 0.4) is 0 Å². The number of hydrogen-bond acceptors (Lipinski definition) is 14. The Bertz CT molecular complexity index is 2040. The lowest BCUT2D eigenvalue weighted by Crippen LogP contribution is -2.60. The summed E-state index contributed by atoms with van der Waals surface area (Å²) in [5, 5.41) is 14.9. The van der Waals surface area contributed by atoms with Gasteiger partial charge in [-0.25, -0.2) is 0 Å². The van der Waals surface area contributed by atoms with Crippen molar-refractivity contribution >= 4 is 23.6 Å². The van der Waals surface area contributed by atoms with E-state index in [2.05, 4.69) is 20.8 Å². The molecule has 402 valence electrons. The van der Waals surface area contributed by atoms with Crippen LogP contribution in [-0.4, -0.2) is 172 Å². The van der Waals surface area contributed by atoms with E-state index in [4.69, 9.17) is 33.8 Å². The maximum absolute atomic E-state index is 14.7. The van der Waals surface area contributed by atoms with Gasteiger partial charge in [-0.05, 0) is 55.3 Å². The van der Waals surface area contributed by atoms with E-state index in [9.17, 15) is 19.2 Å². The number of hydrogen-bond donors (Lipinski definition) is 3. The highest BCUT2D eigenvalue weighted by molar-refractivity contribution is 5.90. The lowest BCUT2D eigenvalue weighted by molar-refractivity contribution is -0.148. The fraction of sp³-hybridized carbons (Fsp3) is 0.667. The van der Waals surface area contributed by atoms with Gasteiger partial charge in [-0.3, -0.25) is 24.1 Å². The summed E-state index contributed by atoms with van der Waals surface area (Å²) in [5.41, 5.74) is 7.19. The predicted molar refractivity (Wildman–Crippen MR) is 276 cm³/mol. The van der Waals surface area contributed by atoms with Crippen LogP contribution in [0.5, 0.6) is 0 Å². The molecule has 1 aliphatic rings. The molecule has 0 radical (unpaired) electrons. The van der Waals surface area contributed by atoms with Crippen molar-refractivity contribution in [2.24, 2.45) is 29.4 Å². The number of benzene rings is 2. The quantitative estimate of drug-likeness (QED) is 0.0673. The molecule has 0 aliphatic carbocycles. The van der Waals surface area contributed by atoms with Crippen LogP contribution in [0.25, 0.3) is 11.5 Å². The molecular formula is C54H86N8O10. The SMILES string of the molecule is CC[C@H](C)[C@@H]([C@@H](CC(=O)N1CCC[C@H]1[C@H](OC)[C@@H](C)C(=O)N[C@@H](Cc1ccccc1)c1nnc(-c2ccccc2)o1)OC)N(C)C(=O)[C@@H](NC(=O)[C@H](C(C)C)N(C)CCOCCOCCOCCN)C(C)C. The second-order valence-electron chi connectivity index (χ2n) is 19.7. The summed E-state index contributed by atoms with van der Waals surface area (Å²) < 4.78 is 35.1. The molecule has 2 heterocycles. The monoisotopic (exact) mass is 1010 g/mol. The molecular weight excluding hydrogens is 921 g/mol. The number of likely N-dealkylation sites (tertiary alicyclic amines) is 1. The van der Waals surface area contributed by atoms with Crippen LogP contribution in [0, 0.1) is 23.7 Å². The number of likely N-dealkylation sites (N-methyl/N-ethyl adjacent to an activating group) is 2. The van der Waals surface area contributed by atoms with Gasteiger partial charge in [0.25, 0.3) is 0 Å². The Kier molecular flexibility index (Phi) is 25.8. The lowest BCUT2D eigenvalue weighted by atomic mass is 9.89. The first-order valence-electron chi connectivity index (χ1n) is 25.9. The molecule has 0 bridgehead atoms. The van der Waals surface area contributed by atoms with E-state index in [0.29, 0.717) is 84.4 Å². The van der Waals surface area contributed by atoms with Crippen LogP contribution >= 0.6 is 0 Å². The number of nitrogens with two attached hydrogens (primary N) is 1. The number of nitrogens with zero attached hydrogens (tertiary/aromatic N) is 5. The summed E-state index contributed by atoms with van der Waals surface area (Å²) in [5.74, 6) is -1.36. The minimum atomic E-state index is -0.838. The highest BCUT2D eigenvalue weighted by Crippen LogP contribution is 2.31. The molecule has 1 aliphatic heterocycles. The van der Waals surface area contributed by atoms with Crippen molar-refractivity contribution in [2.75, 3.05) is 87.6 Å². The number of carbonyl (C=O) groups excluding carboxylic acids is 4. The third kappa shape index (κ3) is 17.4. The van der Waals surface area contributed by atoms with Gasteiger partial charge in [0.1, 0.15) is 12.1 Å². The van der Waals surface area contributed by atoms with Gasteiger partial charge in [0.15, 0.2) is 0 Å². The van der Waals surface area contributed by atoms with E-state index in [1.807, 2.05) is 126 Å². The van der Waals surface area contributed by atoms with Gasteiger partial charge < -0.3 is 54.3 Å². The van der Waals surface area contributed by atoms with Gasteiger partial charge in [-0.1, -0.05) is 103 Å². The van der Waals surface area contributed by atoms with E-state index in [1.165, 1.54) is 0 Å². The number of methoxy groups -OCH3 is 2. The highest BCUT2D eigenvalue weighted by atomic mass is 16.5. The van der Waals surface area contributed by atoms with Gasteiger partial charge in [0.2, 0.25) is 35.4 Å². The maximum atomic E-state index is 14.7. The molecule has 1 aromatic heterocycles. The van der Waals surface area contributed by atoms with Gasteiger partial charge in [0, 0.05) is 52.9 Å². The standard InChI is InChI=1S/C54H86N8O10/c1-12-38(6)48(61(9)54(66)46(36(2)3)57-51(65)47(37(4)5)60(8)27-29-70-31-33-71-32-30-69-28-25-55)44(67-10)35-45(63)62-26-19-24-43(62)49(68-11)39(7)50(64)56-42(34-40-20-15-13-16-21-40)53-59-58-52(72-53)41-22-17-14-18-23-41/h13-18,20-23,36-39,42-44,46-49H,12,19,24-35,55H2,1-11H3,(H,56,64)(H,57,65)/t38-,39+,42-,43-,44+,46-,47-,48-,49+/m0/s1. The summed E-state index contributed by atoms with van der Waals surface area (Å²) in [4.78, 5) is 63.1. The largest absolute Gasteiger partial charge is 0.418 e. The van der Waals surface area contributed by atoms with Crippen molar-refractivity contribution < 1.29 is 47.3 Å². The average molecular weight is 1010 g/mol. The van der Waals surface area contributed by atoms with Crippen molar-refractivity contribution in [3.8, 4) is 11.5 Å². The fourth-order valence-electron chi connectivity index (χ4n) is 9.69. The molecule has 9 atom stereocenters. The van der Waals surface area contributed by atoms with Gasteiger partial charge in [-0.2, -0.15) is 0 Å². The van der Waals surface area contributed by atoms with Gasteiger partial charge >= 0.3 is 0 Å². The maximum Gasteiger partial charge on any atom is 0.247 e. The Morgan fingerprint density at radius 2 is 1.43 bits per heavy atom. The van der Waals surface area contributed by atoms with Crippen LogP contribution in [0.15, 0.2) is 65.1 Å². The minimum Gasteiger partial charge on any atom is -0.418 e. The van der Waals surface area contributed by atoms with Gasteiger partial charge in [0.05, 0.1) is 82.3 Å². The van der Waals surface area contributed by atoms with Crippen molar-refractivity contribution in [1.29, 1.82) is 0 Å². The van der Waals surface area contributed by atoms with Crippen molar-refractivity contribution in [3.63, 3.8) is 0 Å². The molecule has 4 rings (SSSR count). The van der Waals surface area contributed by atoms with Crippen LogP contribution in [0.1, 0.15) is 91.6 Å². The van der Waals surface area contributed by atoms with E-state index in [-0.39, 0.29) is 53.7 Å². The van der Waals surface area contributed by atoms with E-state index in [1.54, 1.807) is 26.2 Å². The minimum absolute atomic E-state index is 0.00692. The Morgan fingerprint density at radius 1 is 0.806 bits per heavy atom. The second kappa shape index (κ2) is 31.0. The molecule has 2 aromatic carbocycles. The topological polar surface area (TPSA) is 213 Å². The summed E-state index contributed by atoms with van der Waals surface area (Å²) in [7, 11) is 6.75. The third-order valence-electron chi connectivity index (χ3n) is 13.8. The number of carbonyl (C=O) groups is 4. The normalized spacial score (nSPS) is 17.3. The number of ether oxygens (including phenoxy) is 5. The average Bonchev–Trinajstić information content (AvgIpc) is 4.08. The number of rotatable bonds is 33. The first-order chi connectivity index (χ1) is 34.6. The summed E-state index contributed by atoms with van der Waals surface area (Å²) >= 11 is 0. The summed E-state index contributed by atoms with van der Waals surface area (Å²) in [6, 6.07) is 16.4. The fourth-order valence-corrected chi connectivity index (χ4v) is 9.69. The van der Waals surface area contributed by atoms with Crippen molar-refractivity contribution in [3.05, 3.63) is 72.1 Å². The van der Waals surface area contributed by atoms with Crippen LogP contribution in [0.2, 0.25) is 0 Å². The second-order valence-corrected chi connectivity index (χ2v) is 19.7. The summed E-state index contributed by atoms with van der Waals surface area (Å²) in [6.07, 6.45) is 1.17. The number of nitrogens with one attached hydrogen (secondary N) is 2. The molecule has 4 N–H and O–H groups in total. The van der Waals surface area contributed by atoms with E-state index >= 15 is 0 Å². The highest BCUT2D eigenvalue weighted by Gasteiger charge is 2.43. The van der Waals surface area contributed by atoms with Crippen molar-refractivity contribution in [2.45, 2.75) is 123 Å². The molecule has 1 fully saturated rings. The predicted octanol–water partition coefficient (Wildman–Crippen LogP) is 5.16. The van der Waals surface area contributed by atoms with Crippen LogP contribution in [-0.2, 0) is 49.3 Å². The Balaban J connectivity index is 1.43. The van der Waals surface area contributed by atoms with Crippen molar-refractivity contribution in [1.82, 2.24) is 35.5 Å². The Labute approximate surface area is 428 Å². The first-order valence-corrected chi connectivity index (χ1v) is 25.9. The molecule has 18 nitrogen and oxygen atoms in total. The zero-order valence-corrected chi connectivity index (χ0v) is 44.9. The van der Waals surface area contributed by atoms with Crippen LogP contribution in [0.4, 0.5) is 0 Å². The van der Waals surface area contributed by atoms with Gasteiger partial charge in [-0.15, -0.1) is 10.2 Å². The molecule has 4 amide bonds. The first kappa shape index (κ1) is 59.7. The Hall–Kier alpha value is -4.82. The summed E-state index contributed by atoms with van der Waals surface area (Å²) in [6.45, 7) is 17.8. The molecule has 72 heavy (non-hydrogen) atoms. The van der Waals surface area contributed by atoms with Crippen LogP contribution < -0.4 is 16.4 Å². The Morgan fingerprint density at radius 3 is 2.01 bits per heavy atom. The molecule has 0 saturated carbocycles. The third-order valence-corrected chi connectivity index (χ3v) is 13.8. The van der Waals surface area contributed by atoms with E-state index < -0.39 is 48.3 Å². The molecule has 0 spiro atoms. The number of aromatic nitrogens is 2. The molecule has 0 unspecified atom stereocenters. The lowest BCUT2D eigenvalue weighted by Gasteiger charge is -2.41. The zero-order valence-electron chi connectivity index (χ0n) is 44.9. The number of amides is 4. The molecule has 1 saturated heterocycles.